The van der Waals surface area contributed by atoms with E-state index in [1.165, 1.54) is 7.11 Å². The van der Waals surface area contributed by atoms with Crippen molar-refractivity contribution in [3.8, 4) is 11.8 Å². The zero-order valence-corrected chi connectivity index (χ0v) is 14.7. The van der Waals surface area contributed by atoms with Crippen molar-refractivity contribution in [1.82, 2.24) is 20.3 Å². The Balaban J connectivity index is 1.49. The van der Waals surface area contributed by atoms with E-state index in [-0.39, 0.29) is 12.0 Å². The standard InChI is InChI=1S/C17H22N4O4/c1-11-14(12(2)25-20-11)4-7-17(22)21-9-8-13(10-21)24-16-6-5-15(23-3)18-19-16/h5-6,13H,4,7-10H2,1-3H3. The number of carbonyl (C=O) groups excluding carboxylic acids is 1. The molecule has 134 valence electrons. The molecule has 0 aromatic carbocycles. The van der Waals surface area contributed by atoms with Gasteiger partial charge < -0.3 is 18.9 Å². The lowest BCUT2D eigenvalue weighted by Crippen LogP contribution is -2.31. The normalized spacial score (nSPS) is 16.9. The van der Waals surface area contributed by atoms with Crippen molar-refractivity contribution in [3.63, 3.8) is 0 Å². The number of carbonyl (C=O) groups is 1. The molecule has 2 aromatic heterocycles. The molecule has 1 atom stereocenters. The van der Waals surface area contributed by atoms with E-state index in [1.807, 2.05) is 18.7 Å². The van der Waals surface area contributed by atoms with Gasteiger partial charge in [0.25, 0.3) is 0 Å². The number of hydrogen-bond acceptors (Lipinski definition) is 7. The van der Waals surface area contributed by atoms with Crippen LogP contribution < -0.4 is 9.47 Å². The molecule has 2 aromatic rings. The van der Waals surface area contributed by atoms with Crippen molar-refractivity contribution in [1.29, 1.82) is 0 Å². The molecule has 0 bridgehead atoms. The van der Waals surface area contributed by atoms with Crippen molar-refractivity contribution in [2.75, 3.05) is 20.2 Å². The molecule has 8 nitrogen and oxygen atoms in total. The SMILES string of the molecule is COc1ccc(OC2CCN(C(=O)CCc3c(C)noc3C)C2)nn1. The second-order valence-corrected chi connectivity index (χ2v) is 6.08. The molecule has 0 N–H and O–H groups in total. The van der Waals surface area contributed by atoms with E-state index in [1.54, 1.807) is 12.1 Å². The summed E-state index contributed by atoms with van der Waals surface area (Å²) in [6, 6.07) is 3.41. The lowest BCUT2D eigenvalue weighted by molar-refractivity contribution is -0.130. The Hall–Kier alpha value is -2.64. The molecule has 1 unspecified atom stereocenters. The van der Waals surface area contributed by atoms with Crippen LogP contribution in [0.4, 0.5) is 0 Å². The number of hydrogen-bond donors (Lipinski definition) is 0. The first-order valence-electron chi connectivity index (χ1n) is 8.30. The number of nitrogens with zero attached hydrogens (tertiary/aromatic N) is 4. The smallest absolute Gasteiger partial charge is 0.233 e. The monoisotopic (exact) mass is 346 g/mol. The highest BCUT2D eigenvalue weighted by molar-refractivity contribution is 5.76. The van der Waals surface area contributed by atoms with Gasteiger partial charge in [0, 0.05) is 37.1 Å². The molecule has 8 heteroatoms. The third kappa shape index (κ3) is 4.07. The maximum Gasteiger partial charge on any atom is 0.233 e. The van der Waals surface area contributed by atoms with Crippen LogP contribution in [0.25, 0.3) is 0 Å². The van der Waals surface area contributed by atoms with Crippen LogP contribution in [0.15, 0.2) is 16.7 Å². The molecule has 3 heterocycles. The number of ether oxygens (including phenoxy) is 2. The Morgan fingerprint density at radius 3 is 2.72 bits per heavy atom. The Kier molecular flexibility index (Phi) is 5.16. The van der Waals surface area contributed by atoms with Gasteiger partial charge >= 0.3 is 0 Å². The largest absolute Gasteiger partial charge is 0.480 e. The maximum absolute atomic E-state index is 12.4. The van der Waals surface area contributed by atoms with Crippen LogP contribution >= 0.6 is 0 Å². The first-order chi connectivity index (χ1) is 12.1. The second kappa shape index (κ2) is 7.50. The van der Waals surface area contributed by atoms with Crippen LogP contribution in [0.5, 0.6) is 11.8 Å². The summed E-state index contributed by atoms with van der Waals surface area (Å²) in [6.45, 7) is 5.02. The van der Waals surface area contributed by atoms with Crippen LogP contribution in [0.3, 0.4) is 0 Å². The van der Waals surface area contributed by atoms with Gasteiger partial charge in [0.2, 0.25) is 17.7 Å². The molecule has 1 fully saturated rings. The first-order valence-corrected chi connectivity index (χ1v) is 8.30. The van der Waals surface area contributed by atoms with Gasteiger partial charge in [0.05, 0.1) is 19.3 Å². The van der Waals surface area contributed by atoms with Gasteiger partial charge in [0.15, 0.2) is 0 Å². The summed E-state index contributed by atoms with van der Waals surface area (Å²) in [5, 5.41) is 11.8. The minimum absolute atomic E-state index is 0.0642. The van der Waals surface area contributed by atoms with E-state index in [4.69, 9.17) is 14.0 Å². The average molecular weight is 346 g/mol. The fourth-order valence-corrected chi connectivity index (χ4v) is 2.95. The quantitative estimate of drug-likeness (QED) is 0.786. The number of methoxy groups -OCH3 is 1. The van der Waals surface area contributed by atoms with Crippen molar-refractivity contribution in [3.05, 3.63) is 29.2 Å². The number of likely N-dealkylation sites (tertiary alicyclic amines) is 1. The van der Waals surface area contributed by atoms with Crippen LogP contribution in [-0.4, -0.2) is 52.5 Å². The highest BCUT2D eigenvalue weighted by Crippen LogP contribution is 2.19. The molecule has 25 heavy (non-hydrogen) atoms. The lowest BCUT2D eigenvalue weighted by Gasteiger charge is -2.17. The summed E-state index contributed by atoms with van der Waals surface area (Å²) in [5.74, 6) is 1.78. The zero-order chi connectivity index (χ0) is 17.8. The topological polar surface area (TPSA) is 90.6 Å². The van der Waals surface area contributed by atoms with Crippen LogP contribution in [-0.2, 0) is 11.2 Å². The zero-order valence-electron chi connectivity index (χ0n) is 14.7. The molecular weight excluding hydrogens is 324 g/mol. The summed E-state index contributed by atoms with van der Waals surface area (Å²) >= 11 is 0. The molecule has 0 spiro atoms. The van der Waals surface area contributed by atoms with Crippen molar-refractivity contribution < 1.29 is 18.8 Å². The summed E-state index contributed by atoms with van der Waals surface area (Å²) in [6.07, 6.45) is 1.81. The van der Waals surface area contributed by atoms with Gasteiger partial charge in [-0.25, -0.2) is 0 Å². The Morgan fingerprint density at radius 1 is 1.32 bits per heavy atom. The van der Waals surface area contributed by atoms with Gasteiger partial charge in [0.1, 0.15) is 11.9 Å². The molecule has 1 amide bonds. The molecule has 1 aliphatic heterocycles. The second-order valence-electron chi connectivity index (χ2n) is 6.08. The third-order valence-electron chi connectivity index (χ3n) is 4.38. The number of rotatable bonds is 6. The fraction of sp³-hybridized carbons (Fsp3) is 0.529. The van der Waals surface area contributed by atoms with Gasteiger partial charge in [-0.15, -0.1) is 10.2 Å². The van der Waals surface area contributed by atoms with E-state index in [0.29, 0.717) is 37.7 Å². The van der Waals surface area contributed by atoms with E-state index in [0.717, 1.165) is 23.4 Å². The highest BCUT2D eigenvalue weighted by atomic mass is 16.5. The molecule has 1 aliphatic rings. The summed E-state index contributed by atoms with van der Waals surface area (Å²) in [4.78, 5) is 14.3. The lowest BCUT2D eigenvalue weighted by atomic mass is 10.1. The Morgan fingerprint density at radius 2 is 2.08 bits per heavy atom. The fourth-order valence-electron chi connectivity index (χ4n) is 2.95. The van der Waals surface area contributed by atoms with Crippen LogP contribution in [0, 0.1) is 13.8 Å². The van der Waals surface area contributed by atoms with E-state index < -0.39 is 0 Å². The predicted molar refractivity (Wildman–Crippen MR) is 88.5 cm³/mol. The molecule has 3 rings (SSSR count). The maximum atomic E-state index is 12.4. The number of aromatic nitrogens is 3. The summed E-state index contributed by atoms with van der Waals surface area (Å²) < 4.78 is 15.9. The minimum atomic E-state index is -0.0642. The van der Waals surface area contributed by atoms with Gasteiger partial charge in [-0.1, -0.05) is 5.16 Å². The average Bonchev–Trinajstić information content (AvgIpc) is 3.21. The van der Waals surface area contributed by atoms with Gasteiger partial charge in [-0.3, -0.25) is 4.79 Å². The Bertz CT molecular complexity index is 709. The molecule has 0 radical (unpaired) electrons. The molecule has 0 aliphatic carbocycles. The van der Waals surface area contributed by atoms with Gasteiger partial charge in [-0.2, -0.15) is 0 Å². The van der Waals surface area contributed by atoms with Crippen LogP contribution in [0.2, 0.25) is 0 Å². The number of aryl methyl sites for hydroxylation is 2. The van der Waals surface area contributed by atoms with Crippen molar-refractivity contribution in [2.24, 2.45) is 0 Å². The first kappa shape index (κ1) is 17.2. The van der Waals surface area contributed by atoms with Gasteiger partial charge in [-0.05, 0) is 20.3 Å². The van der Waals surface area contributed by atoms with Crippen molar-refractivity contribution >= 4 is 5.91 Å². The molecule has 1 saturated heterocycles. The summed E-state index contributed by atoms with van der Waals surface area (Å²) in [5.41, 5.74) is 1.87. The Labute approximate surface area is 146 Å². The van der Waals surface area contributed by atoms with Crippen LogP contribution in [0.1, 0.15) is 29.9 Å². The van der Waals surface area contributed by atoms with E-state index in [9.17, 15) is 4.79 Å². The third-order valence-corrected chi connectivity index (χ3v) is 4.38. The molecular formula is C17H22N4O4. The van der Waals surface area contributed by atoms with E-state index in [2.05, 4.69) is 15.4 Å². The van der Waals surface area contributed by atoms with Crippen molar-refractivity contribution in [2.45, 2.75) is 39.2 Å². The minimum Gasteiger partial charge on any atom is -0.480 e. The highest BCUT2D eigenvalue weighted by Gasteiger charge is 2.28. The predicted octanol–water partition coefficient (Wildman–Crippen LogP) is 1.70. The summed E-state index contributed by atoms with van der Waals surface area (Å²) in [7, 11) is 1.54. The number of amides is 1. The molecule has 0 saturated carbocycles. The van der Waals surface area contributed by atoms with E-state index >= 15 is 0 Å².